The van der Waals surface area contributed by atoms with Crippen molar-refractivity contribution in [2.75, 3.05) is 0 Å². The fourth-order valence-corrected chi connectivity index (χ4v) is 3.01. The van der Waals surface area contributed by atoms with Crippen molar-refractivity contribution in [3.05, 3.63) is 73.6 Å². The summed E-state index contributed by atoms with van der Waals surface area (Å²) in [7, 11) is 1.56. The standard InChI is InChI=1S/C19H20N4O3/c1-11-8-12(2)21-18(25)15(11)10-20-17(24)9-16-13-6-4-5-7-14(13)19(26)23(3)22-16/h4-8H,9-10H2,1-3H3,(H,20,24)(H,21,25). The van der Waals surface area contributed by atoms with Gasteiger partial charge >= 0.3 is 0 Å². The number of rotatable bonds is 4. The summed E-state index contributed by atoms with van der Waals surface area (Å²) < 4.78 is 1.24. The summed E-state index contributed by atoms with van der Waals surface area (Å²) in [5.74, 6) is -0.263. The average molecular weight is 352 g/mol. The average Bonchev–Trinajstić information content (AvgIpc) is 2.58. The number of H-pyrrole nitrogens is 1. The molecule has 0 saturated carbocycles. The molecule has 1 amide bonds. The minimum Gasteiger partial charge on any atom is -0.351 e. The number of aromatic nitrogens is 3. The van der Waals surface area contributed by atoms with Crippen molar-refractivity contribution in [2.45, 2.75) is 26.8 Å². The summed E-state index contributed by atoms with van der Waals surface area (Å²) in [5, 5.41) is 8.17. The first-order chi connectivity index (χ1) is 12.4. The summed E-state index contributed by atoms with van der Waals surface area (Å²) in [4.78, 5) is 39.3. The lowest BCUT2D eigenvalue weighted by atomic mass is 10.1. The second-order valence-corrected chi connectivity index (χ2v) is 6.32. The SMILES string of the molecule is Cc1cc(C)c(CNC(=O)Cc2nn(C)c(=O)c3ccccc23)c(=O)[nH]1. The van der Waals surface area contributed by atoms with Crippen LogP contribution in [0, 0.1) is 13.8 Å². The van der Waals surface area contributed by atoms with Gasteiger partial charge in [-0.2, -0.15) is 5.10 Å². The van der Waals surface area contributed by atoms with Crippen LogP contribution in [0.3, 0.4) is 0 Å². The molecular weight excluding hydrogens is 332 g/mol. The number of nitrogens with one attached hydrogen (secondary N) is 2. The van der Waals surface area contributed by atoms with Gasteiger partial charge in [0.25, 0.3) is 11.1 Å². The molecule has 2 heterocycles. The maximum absolute atomic E-state index is 12.4. The third-order valence-electron chi connectivity index (χ3n) is 4.32. The van der Waals surface area contributed by atoms with Gasteiger partial charge in [-0.25, -0.2) is 4.68 Å². The molecule has 2 aromatic heterocycles. The predicted molar refractivity (Wildman–Crippen MR) is 99.1 cm³/mol. The van der Waals surface area contributed by atoms with Crippen LogP contribution >= 0.6 is 0 Å². The monoisotopic (exact) mass is 352 g/mol. The molecule has 0 bridgehead atoms. The Morgan fingerprint density at radius 1 is 1.19 bits per heavy atom. The fourth-order valence-electron chi connectivity index (χ4n) is 3.01. The number of hydrogen-bond donors (Lipinski definition) is 2. The smallest absolute Gasteiger partial charge is 0.274 e. The largest absolute Gasteiger partial charge is 0.351 e. The van der Waals surface area contributed by atoms with Gasteiger partial charge in [-0.15, -0.1) is 0 Å². The first-order valence-electron chi connectivity index (χ1n) is 8.28. The normalized spacial score (nSPS) is 10.9. The van der Waals surface area contributed by atoms with E-state index in [4.69, 9.17) is 0 Å². The Hall–Kier alpha value is -3.22. The van der Waals surface area contributed by atoms with E-state index in [9.17, 15) is 14.4 Å². The molecule has 0 aliphatic carbocycles. The lowest BCUT2D eigenvalue weighted by Gasteiger charge is -2.10. The molecule has 0 unspecified atom stereocenters. The summed E-state index contributed by atoms with van der Waals surface area (Å²) in [6.07, 6.45) is 0.0252. The van der Waals surface area contributed by atoms with Gasteiger partial charge in [0, 0.05) is 30.2 Å². The van der Waals surface area contributed by atoms with Crippen LogP contribution in [0.2, 0.25) is 0 Å². The van der Waals surface area contributed by atoms with E-state index in [1.165, 1.54) is 4.68 Å². The molecule has 3 aromatic rings. The number of benzene rings is 1. The Balaban J connectivity index is 1.82. The van der Waals surface area contributed by atoms with Crippen molar-refractivity contribution in [1.29, 1.82) is 0 Å². The van der Waals surface area contributed by atoms with Crippen molar-refractivity contribution in [2.24, 2.45) is 7.05 Å². The van der Waals surface area contributed by atoms with E-state index in [0.717, 1.165) is 11.3 Å². The van der Waals surface area contributed by atoms with Crippen LogP contribution in [0.25, 0.3) is 10.8 Å². The van der Waals surface area contributed by atoms with Gasteiger partial charge < -0.3 is 10.3 Å². The molecule has 0 aliphatic rings. The Labute approximate surface area is 149 Å². The first kappa shape index (κ1) is 17.6. The van der Waals surface area contributed by atoms with Crippen LogP contribution in [0.5, 0.6) is 0 Å². The Bertz CT molecular complexity index is 1110. The second kappa shape index (κ2) is 6.95. The molecule has 0 saturated heterocycles. The summed E-state index contributed by atoms with van der Waals surface area (Å²) in [5.41, 5.74) is 2.26. The zero-order valence-corrected chi connectivity index (χ0v) is 14.9. The van der Waals surface area contributed by atoms with Crippen molar-refractivity contribution in [1.82, 2.24) is 20.1 Å². The molecule has 1 aromatic carbocycles. The van der Waals surface area contributed by atoms with E-state index in [-0.39, 0.29) is 30.0 Å². The first-order valence-corrected chi connectivity index (χ1v) is 8.28. The lowest BCUT2D eigenvalue weighted by molar-refractivity contribution is -0.120. The highest BCUT2D eigenvalue weighted by atomic mass is 16.2. The minimum atomic E-state index is -0.263. The molecule has 134 valence electrons. The van der Waals surface area contributed by atoms with Gasteiger partial charge in [0.1, 0.15) is 0 Å². The van der Waals surface area contributed by atoms with Gasteiger partial charge in [0.2, 0.25) is 5.91 Å². The number of hydrogen-bond acceptors (Lipinski definition) is 4. The Kier molecular flexibility index (Phi) is 4.71. The van der Waals surface area contributed by atoms with Gasteiger partial charge in [0.05, 0.1) is 17.5 Å². The number of pyridine rings is 1. The van der Waals surface area contributed by atoms with Crippen molar-refractivity contribution >= 4 is 16.7 Å². The minimum absolute atomic E-state index is 0.0252. The van der Waals surface area contributed by atoms with E-state index in [0.29, 0.717) is 22.0 Å². The summed E-state index contributed by atoms with van der Waals surface area (Å²) >= 11 is 0. The lowest BCUT2D eigenvalue weighted by Crippen LogP contribution is -2.30. The molecule has 0 fully saturated rings. The van der Waals surface area contributed by atoms with Gasteiger partial charge in [-0.3, -0.25) is 14.4 Å². The topological polar surface area (TPSA) is 96.8 Å². The van der Waals surface area contributed by atoms with Gasteiger partial charge in [0.15, 0.2) is 0 Å². The van der Waals surface area contributed by atoms with Crippen LogP contribution in [0.4, 0.5) is 0 Å². The third kappa shape index (κ3) is 3.42. The predicted octanol–water partition coefficient (Wildman–Crippen LogP) is 1.10. The van der Waals surface area contributed by atoms with Crippen LogP contribution in [0.15, 0.2) is 39.9 Å². The summed E-state index contributed by atoms with van der Waals surface area (Å²) in [6.45, 7) is 3.79. The van der Waals surface area contributed by atoms with Gasteiger partial charge in [-0.05, 0) is 31.5 Å². The van der Waals surface area contributed by atoms with Crippen molar-refractivity contribution < 1.29 is 4.79 Å². The van der Waals surface area contributed by atoms with E-state index in [1.807, 2.05) is 19.9 Å². The quantitative estimate of drug-likeness (QED) is 0.735. The Morgan fingerprint density at radius 2 is 1.88 bits per heavy atom. The number of fused-ring (bicyclic) bond motifs is 1. The highest BCUT2D eigenvalue weighted by molar-refractivity contribution is 5.88. The molecule has 26 heavy (non-hydrogen) atoms. The Morgan fingerprint density at radius 3 is 2.58 bits per heavy atom. The van der Waals surface area contributed by atoms with Crippen LogP contribution in [-0.4, -0.2) is 20.7 Å². The number of carbonyl (C=O) groups is 1. The molecular formula is C19H20N4O3. The molecule has 0 spiro atoms. The van der Waals surface area contributed by atoms with Crippen LogP contribution in [0.1, 0.15) is 22.5 Å². The molecule has 7 heteroatoms. The van der Waals surface area contributed by atoms with E-state index >= 15 is 0 Å². The van der Waals surface area contributed by atoms with Crippen LogP contribution in [-0.2, 0) is 24.8 Å². The maximum atomic E-state index is 12.4. The fraction of sp³-hybridized carbons (Fsp3) is 0.263. The van der Waals surface area contributed by atoms with Crippen LogP contribution < -0.4 is 16.4 Å². The zero-order valence-electron chi connectivity index (χ0n) is 14.9. The molecule has 2 N–H and O–H groups in total. The molecule has 0 radical (unpaired) electrons. The van der Waals surface area contributed by atoms with Crippen molar-refractivity contribution in [3.63, 3.8) is 0 Å². The number of aromatic amines is 1. The van der Waals surface area contributed by atoms with E-state index < -0.39 is 0 Å². The number of amides is 1. The molecule has 7 nitrogen and oxygen atoms in total. The third-order valence-corrected chi connectivity index (χ3v) is 4.32. The highest BCUT2D eigenvalue weighted by Gasteiger charge is 2.13. The van der Waals surface area contributed by atoms with Crippen molar-refractivity contribution in [3.8, 4) is 0 Å². The maximum Gasteiger partial charge on any atom is 0.274 e. The highest BCUT2D eigenvalue weighted by Crippen LogP contribution is 2.13. The molecule has 3 rings (SSSR count). The van der Waals surface area contributed by atoms with E-state index in [2.05, 4.69) is 15.4 Å². The molecule has 0 aliphatic heterocycles. The molecule has 0 atom stereocenters. The second-order valence-electron chi connectivity index (χ2n) is 6.32. The number of nitrogens with zero attached hydrogens (tertiary/aromatic N) is 2. The van der Waals surface area contributed by atoms with E-state index in [1.54, 1.807) is 31.3 Å². The van der Waals surface area contributed by atoms with Gasteiger partial charge in [-0.1, -0.05) is 18.2 Å². The number of aryl methyl sites for hydroxylation is 3. The zero-order chi connectivity index (χ0) is 18.8. The summed E-state index contributed by atoms with van der Waals surface area (Å²) in [6, 6.07) is 8.95. The number of carbonyl (C=O) groups excluding carboxylic acids is 1.